The lowest BCUT2D eigenvalue weighted by Gasteiger charge is -2.47. The number of carbonyl (C=O) groups is 1. The molecule has 3 aliphatic rings. The molecule has 3 rings (SSSR count). The van der Waals surface area contributed by atoms with Crippen molar-refractivity contribution in [2.24, 2.45) is 0 Å². The highest BCUT2D eigenvalue weighted by Gasteiger charge is 2.46. The van der Waals surface area contributed by atoms with E-state index in [1.165, 1.54) is 25.7 Å². The van der Waals surface area contributed by atoms with Crippen LogP contribution in [-0.4, -0.2) is 60.2 Å². The molecule has 1 N–H and O–H groups in total. The number of thioether (sulfide) groups is 1. The van der Waals surface area contributed by atoms with Gasteiger partial charge >= 0.3 is 0 Å². The van der Waals surface area contributed by atoms with Gasteiger partial charge in [-0.15, -0.1) is 0 Å². The van der Waals surface area contributed by atoms with Crippen molar-refractivity contribution >= 4 is 17.7 Å². The summed E-state index contributed by atoms with van der Waals surface area (Å²) in [5.74, 6) is 1.35. The van der Waals surface area contributed by atoms with E-state index in [9.17, 15) is 4.79 Å². The largest absolute Gasteiger partial charge is 0.368 e. The van der Waals surface area contributed by atoms with Crippen molar-refractivity contribution in [1.82, 2.24) is 10.2 Å². The number of amides is 1. The van der Waals surface area contributed by atoms with Crippen LogP contribution in [0.3, 0.4) is 0 Å². The van der Waals surface area contributed by atoms with Crippen molar-refractivity contribution in [3.05, 3.63) is 0 Å². The molecule has 2 heterocycles. The monoisotopic (exact) mass is 298 g/mol. The van der Waals surface area contributed by atoms with E-state index in [1.54, 1.807) is 7.11 Å². The summed E-state index contributed by atoms with van der Waals surface area (Å²) in [6, 6.07) is 0.455. The van der Waals surface area contributed by atoms with Crippen molar-refractivity contribution < 1.29 is 9.53 Å². The Bertz CT molecular complexity index is 356. The van der Waals surface area contributed by atoms with Gasteiger partial charge in [0.05, 0.1) is 0 Å². The fourth-order valence-electron chi connectivity index (χ4n) is 3.95. The van der Waals surface area contributed by atoms with Crippen molar-refractivity contribution in [1.29, 1.82) is 0 Å². The Balaban J connectivity index is 1.77. The maximum atomic E-state index is 13.1. The maximum Gasteiger partial charge on any atom is 0.255 e. The lowest BCUT2D eigenvalue weighted by molar-refractivity contribution is -0.161. The number of rotatable bonds is 2. The first-order valence-electron chi connectivity index (χ1n) is 7.95. The number of ether oxygens (including phenoxy) is 1. The predicted molar refractivity (Wildman–Crippen MR) is 82.1 cm³/mol. The molecule has 0 bridgehead atoms. The summed E-state index contributed by atoms with van der Waals surface area (Å²) in [6.45, 7) is 2.68. The first-order chi connectivity index (χ1) is 9.77. The molecule has 0 aromatic rings. The normalized spacial score (nSPS) is 33.5. The maximum absolute atomic E-state index is 13.1. The highest BCUT2D eigenvalue weighted by molar-refractivity contribution is 8.00. The number of hydrogen-bond acceptors (Lipinski definition) is 4. The van der Waals surface area contributed by atoms with Crippen LogP contribution >= 0.6 is 11.8 Å². The molecule has 20 heavy (non-hydrogen) atoms. The van der Waals surface area contributed by atoms with E-state index in [-0.39, 0.29) is 5.91 Å². The van der Waals surface area contributed by atoms with Crippen LogP contribution in [-0.2, 0) is 9.53 Å². The Morgan fingerprint density at radius 1 is 1.30 bits per heavy atom. The molecule has 1 aliphatic carbocycles. The lowest BCUT2D eigenvalue weighted by atomic mass is 9.87. The molecule has 2 aliphatic heterocycles. The molecule has 3 fully saturated rings. The van der Waals surface area contributed by atoms with Crippen LogP contribution in [0.15, 0.2) is 0 Å². The van der Waals surface area contributed by atoms with Crippen molar-refractivity contribution in [2.75, 3.05) is 32.5 Å². The zero-order valence-corrected chi connectivity index (χ0v) is 13.2. The molecular formula is C15H26N2O2S. The summed E-state index contributed by atoms with van der Waals surface area (Å²) < 4.78 is 5.74. The zero-order valence-electron chi connectivity index (χ0n) is 12.4. The number of piperidine rings is 1. The Hall–Kier alpha value is -0.260. The third-order valence-corrected chi connectivity index (χ3v) is 6.58. The molecule has 4 nitrogen and oxygen atoms in total. The standard InChI is InChI=1S/C15H26N2O2S/c1-19-15(6-8-16-9-7-15)14(18)17-10-11-20-13-5-3-2-4-12(13)17/h12-13,16H,2-11H2,1H3. The van der Waals surface area contributed by atoms with Crippen LogP contribution in [0.25, 0.3) is 0 Å². The van der Waals surface area contributed by atoms with Gasteiger partial charge in [-0.3, -0.25) is 4.79 Å². The molecule has 0 aromatic carbocycles. The second kappa shape index (κ2) is 6.24. The van der Waals surface area contributed by atoms with Gasteiger partial charge in [0.25, 0.3) is 5.91 Å². The van der Waals surface area contributed by atoms with Gasteiger partial charge in [-0.25, -0.2) is 0 Å². The molecule has 1 saturated carbocycles. The SMILES string of the molecule is COC1(C(=O)N2CCSC3CCCCC32)CCNCC1. The molecule has 114 valence electrons. The zero-order chi connectivity index (χ0) is 14.0. The van der Waals surface area contributed by atoms with Gasteiger partial charge in [0, 0.05) is 30.7 Å². The van der Waals surface area contributed by atoms with Gasteiger partial charge in [0.15, 0.2) is 0 Å². The van der Waals surface area contributed by atoms with E-state index >= 15 is 0 Å². The first-order valence-corrected chi connectivity index (χ1v) is 9.00. The van der Waals surface area contributed by atoms with Crippen LogP contribution in [0.1, 0.15) is 38.5 Å². The first kappa shape index (κ1) is 14.7. The highest BCUT2D eigenvalue weighted by Crippen LogP contribution is 2.37. The number of hydrogen-bond donors (Lipinski definition) is 1. The van der Waals surface area contributed by atoms with Crippen LogP contribution in [0.5, 0.6) is 0 Å². The summed E-state index contributed by atoms with van der Waals surface area (Å²) in [5.41, 5.74) is -0.560. The quantitative estimate of drug-likeness (QED) is 0.841. The van der Waals surface area contributed by atoms with Crippen LogP contribution in [0.2, 0.25) is 0 Å². The van der Waals surface area contributed by atoms with Gasteiger partial charge < -0.3 is 15.0 Å². The number of nitrogens with one attached hydrogen (secondary N) is 1. The van der Waals surface area contributed by atoms with Gasteiger partial charge in [-0.2, -0.15) is 11.8 Å². The summed E-state index contributed by atoms with van der Waals surface area (Å²) in [5, 5.41) is 4.00. The Labute approximate surface area is 126 Å². The van der Waals surface area contributed by atoms with E-state index in [0.29, 0.717) is 11.3 Å². The number of carbonyl (C=O) groups excluding carboxylic acids is 1. The Morgan fingerprint density at radius 2 is 2.05 bits per heavy atom. The van der Waals surface area contributed by atoms with E-state index in [1.807, 2.05) is 0 Å². The molecule has 2 saturated heterocycles. The molecule has 2 unspecified atom stereocenters. The minimum Gasteiger partial charge on any atom is -0.368 e. The van der Waals surface area contributed by atoms with Gasteiger partial charge in [-0.1, -0.05) is 12.8 Å². The van der Waals surface area contributed by atoms with Crippen LogP contribution in [0, 0.1) is 0 Å². The van der Waals surface area contributed by atoms with Crippen molar-refractivity contribution in [3.63, 3.8) is 0 Å². The van der Waals surface area contributed by atoms with E-state index < -0.39 is 5.60 Å². The smallest absolute Gasteiger partial charge is 0.255 e. The average molecular weight is 298 g/mol. The number of fused-ring (bicyclic) bond motifs is 1. The minimum atomic E-state index is -0.560. The summed E-state index contributed by atoms with van der Waals surface area (Å²) >= 11 is 2.07. The third kappa shape index (κ3) is 2.60. The third-order valence-electron chi connectivity index (χ3n) is 5.18. The Kier molecular flexibility index (Phi) is 4.58. The lowest BCUT2D eigenvalue weighted by Crippen LogP contribution is -2.61. The number of methoxy groups -OCH3 is 1. The summed E-state index contributed by atoms with van der Waals surface area (Å²) in [6.07, 6.45) is 6.68. The van der Waals surface area contributed by atoms with E-state index in [4.69, 9.17) is 4.74 Å². The Morgan fingerprint density at radius 3 is 2.80 bits per heavy atom. The molecule has 0 radical (unpaired) electrons. The molecular weight excluding hydrogens is 272 g/mol. The fourth-order valence-corrected chi connectivity index (χ4v) is 5.39. The van der Waals surface area contributed by atoms with Gasteiger partial charge in [0.1, 0.15) is 5.60 Å². The topological polar surface area (TPSA) is 41.6 Å². The van der Waals surface area contributed by atoms with Gasteiger partial charge in [-0.05, 0) is 38.8 Å². The predicted octanol–water partition coefficient (Wildman–Crippen LogP) is 1.64. The van der Waals surface area contributed by atoms with Crippen molar-refractivity contribution in [3.8, 4) is 0 Å². The second-order valence-electron chi connectivity index (χ2n) is 6.21. The minimum absolute atomic E-state index is 0.263. The summed E-state index contributed by atoms with van der Waals surface area (Å²) in [7, 11) is 1.71. The molecule has 2 atom stereocenters. The van der Waals surface area contributed by atoms with Crippen LogP contribution in [0.4, 0.5) is 0 Å². The van der Waals surface area contributed by atoms with Gasteiger partial charge in [0.2, 0.25) is 0 Å². The fraction of sp³-hybridized carbons (Fsp3) is 0.933. The van der Waals surface area contributed by atoms with Crippen LogP contribution < -0.4 is 5.32 Å². The molecule has 5 heteroatoms. The highest BCUT2D eigenvalue weighted by atomic mass is 32.2. The average Bonchev–Trinajstić information content (AvgIpc) is 2.54. The molecule has 1 amide bonds. The molecule has 0 aromatic heterocycles. The van der Waals surface area contributed by atoms with Crippen molar-refractivity contribution in [2.45, 2.75) is 55.4 Å². The molecule has 0 spiro atoms. The van der Waals surface area contributed by atoms with E-state index in [0.717, 1.165) is 38.2 Å². The van der Waals surface area contributed by atoms with E-state index in [2.05, 4.69) is 22.0 Å². The number of nitrogens with zero attached hydrogens (tertiary/aromatic N) is 1. The second-order valence-corrected chi connectivity index (χ2v) is 7.56. The summed E-state index contributed by atoms with van der Waals surface area (Å²) in [4.78, 5) is 15.3.